The fourth-order valence-electron chi connectivity index (χ4n) is 12.4. The molecule has 121 heavy (non-hydrogen) atoms. The van der Waals surface area contributed by atoms with Crippen LogP contribution in [0.15, 0.2) is 146 Å². The first-order valence-electron chi connectivity index (χ1n) is 38.3. The molecule has 8 aromatic rings. The van der Waals surface area contributed by atoms with Crippen molar-refractivity contribution in [3.8, 4) is 17.6 Å². The lowest BCUT2D eigenvalue weighted by atomic mass is 9.80. The van der Waals surface area contributed by atoms with E-state index >= 15 is 0 Å². The fourth-order valence-corrected chi connectivity index (χ4v) is 12.5. The quantitative estimate of drug-likeness (QED) is 0.130. The van der Waals surface area contributed by atoms with Gasteiger partial charge in [0.1, 0.15) is 29.0 Å². The molecule has 0 spiro atoms. The van der Waals surface area contributed by atoms with Gasteiger partial charge >= 0.3 is 37.1 Å². The van der Waals surface area contributed by atoms with Gasteiger partial charge in [-0.1, -0.05) is 227 Å². The van der Waals surface area contributed by atoms with Gasteiger partial charge in [0.2, 0.25) is 0 Å². The average molecular weight is 1750 g/mol. The zero-order valence-electron chi connectivity index (χ0n) is 74.2. The largest absolute Gasteiger partial charge is 0.496 e. The summed E-state index contributed by atoms with van der Waals surface area (Å²) in [7, 11) is 1.38. The van der Waals surface area contributed by atoms with Gasteiger partial charge in [0.25, 0.3) is 0 Å². The molecule has 0 fully saturated rings. The molecular formula is C95H114ClF21N2O2. The predicted molar refractivity (Wildman–Crippen MR) is 443 cm³/mol. The lowest BCUT2D eigenvalue weighted by Gasteiger charge is -2.26. The molecule has 0 aliphatic carbocycles. The smallest absolute Gasteiger partial charge is 0.416 e. The number of ether oxygens (including phenoxy) is 2. The topological polar surface area (TPSA) is 46.6 Å². The minimum Gasteiger partial charge on any atom is -0.496 e. The Bertz CT molecular complexity index is 4680. The zero-order chi connectivity index (χ0) is 94.9. The molecule has 0 heterocycles. The van der Waals surface area contributed by atoms with Crippen LogP contribution >= 0.6 is 11.6 Å². The maximum Gasteiger partial charge on any atom is 0.416 e. The van der Waals surface area contributed by atoms with Gasteiger partial charge in [-0.2, -0.15) is 84.3 Å². The molecule has 0 bridgehead atoms. The standard InChI is InChI=1S/C13H19FO.C13H20.C12H12F6.C12H12F3N.C12H15F3O.C11H12ClF3.C11H12F4.C11H12FN/c1-9(2)15-12-8-10(14)6-7-11(12)13(3,4)5;1-6-11-9-7-8-10(2)12(11)13(3,4)5;1-10(2,3)9-6-7(11(13,14)15)4-5-8(9)12(16,17)18;1-11(2,3)10-6-8(7-16)4-5-9(10)12(13,14)15;1-11(2,3)10-8(12(13,14)15)6-5-7-9(10)16-4;1-10(2,3)8-5-4-7(12)6-9(8)11(13,14)15;1-10(2,3)9-6-7(12)4-5-8(9)11(13,14)15;1-11(2,3)9-6-5-8(12)7-10(9)13-4/h6-9H,1-5H3;7-9H,6H2,1-5H3;4-6H,1-3H3;4-6H,1-3H3;5-7H,1-4H3;2*4-6H,1-3H3;5-7H,1-3H3. The highest BCUT2D eigenvalue weighted by molar-refractivity contribution is 6.30. The first-order chi connectivity index (χ1) is 54.1. The highest BCUT2D eigenvalue weighted by Gasteiger charge is 2.43. The van der Waals surface area contributed by atoms with Crippen molar-refractivity contribution in [2.24, 2.45) is 0 Å². The Labute approximate surface area is 706 Å². The first-order valence-corrected chi connectivity index (χ1v) is 38.6. The van der Waals surface area contributed by atoms with Crippen LogP contribution in [0.5, 0.6) is 11.5 Å². The van der Waals surface area contributed by atoms with Crippen molar-refractivity contribution in [2.75, 3.05) is 7.11 Å². The van der Waals surface area contributed by atoms with Gasteiger partial charge in [0.15, 0.2) is 5.69 Å². The van der Waals surface area contributed by atoms with Crippen LogP contribution in [0.2, 0.25) is 5.02 Å². The van der Waals surface area contributed by atoms with E-state index in [1.807, 2.05) is 40.7 Å². The van der Waals surface area contributed by atoms with Gasteiger partial charge in [-0.05, 0) is 218 Å². The number of benzene rings is 8. The number of aryl methyl sites for hydroxylation is 2. The number of hydrogen-bond acceptors (Lipinski definition) is 3. The summed E-state index contributed by atoms with van der Waals surface area (Å²) in [6.45, 7) is 59.1. The molecule has 0 radical (unpaired) electrons. The molecule has 0 saturated heterocycles. The van der Waals surface area contributed by atoms with E-state index in [0.717, 1.165) is 53.9 Å². The Morgan fingerprint density at radius 1 is 0.364 bits per heavy atom. The van der Waals surface area contributed by atoms with E-state index in [-0.39, 0.29) is 78.1 Å². The van der Waals surface area contributed by atoms with Crippen LogP contribution in [0.25, 0.3) is 4.85 Å². The summed E-state index contributed by atoms with van der Waals surface area (Å²) in [6, 6.07) is 33.0. The van der Waals surface area contributed by atoms with Crippen molar-refractivity contribution in [1.82, 2.24) is 0 Å². The van der Waals surface area contributed by atoms with Gasteiger partial charge < -0.3 is 9.47 Å². The maximum atomic E-state index is 13.1. The Balaban J connectivity index is 0.000000693. The summed E-state index contributed by atoms with van der Waals surface area (Å²) in [5.74, 6) is -0.314. The van der Waals surface area contributed by atoms with E-state index < -0.39 is 103 Å². The number of hydrogen-bond donors (Lipinski definition) is 0. The van der Waals surface area contributed by atoms with E-state index in [0.29, 0.717) is 29.6 Å². The number of nitriles is 1. The third kappa shape index (κ3) is 35.5. The lowest BCUT2D eigenvalue weighted by molar-refractivity contribution is -0.142. The van der Waals surface area contributed by atoms with Crippen LogP contribution in [0.3, 0.4) is 0 Å². The molecule has 0 aromatic heterocycles. The van der Waals surface area contributed by atoms with Crippen molar-refractivity contribution >= 4 is 17.3 Å². The molecule has 0 unspecified atom stereocenters. The third-order valence-corrected chi connectivity index (χ3v) is 17.9. The predicted octanol–water partition coefficient (Wildman–Crippen LogP) is 33.1. The minimum absolute atomic E-state index is 0.0185. The SMILES string of the molecule is CC(C)(C)c1cc(C#N)ccc1C(F)(F)F.CC(C)(C)c1cc(C(F)(F)F)ccc1C(F)(F)F.CC(C)(C)c1cc(F)ccc1C(F)(F)F.CC(C)(C)c1ccc(Cl)cc1C(F)(F)F.CC(C)Oc1cc(F)ccc1C(C)(C)C.CCc1cccc(C)c1C(C)(C)C.COc1cccc(C(F)(F)F)c1C(C)(C)C.[C-]#[N+]c1cc(F)ccc1C(C)(C)C. The molecular weight excluding hydrogens is 1640 g/mol. The summed E-state index contributed by atoms with van der Waals surface area (Å²) in [5, 5.41) is 8.80. The van der Waals surface area contributed by atoms with Gasteiger partial charge in [-0.25, -0.2) is 18.0 Å². The molecule has 0 N–H and O–H groups in total. The summed E-state index contributed by atoms with van der Waals surface area (Å²) >= 11 is 5.57. The molecule has 0 aliphatic heterocycles. The number of nitrogens with zero attached hydrogens (tertiary/aromatic N) is 2. The summed E-state index contributed by atoms with van der Waals surface area (Å²) in [4.78, 5) is 3.31. The van der Waals surface area contributed by atoms with Crippen LogP contribution in [0, 0.1) is 42.3 Å². The van der Waals surface area contributed by atoms with Crippen LogP contribution in [-0.4, -0.2) is 13.2 Å². The van der Waals surface area contributed by atoms with Crippen molar-refractivity contribution in [3.05, 3.63) is 274 Å². The highest BCUT2D eigenvalue weighted by atomic mass is 35.5. The minimum atomic E-state index is -4.66. The Hall–Kier alpha value is -8.84. The van der Waals surface area contributed by atoms with E-state index in [2.05, 4.69) is 78.4 Å². The van der Waals surface area contributed by atoms with E-state index in [1.165, 1.54) is 99.2 Å². The molecule has 0 amide bonds. The second kappa shape index (κ2) is 42.0. The molecule has 670 valence electrons. The van der Waals surface area contributed by atoms with Crippen LogP contribution < -0.4 is 9.47 Å². The lowest BCUT2D eigenvalue weighted by Crippen LogP contribution is -2.21. The number of rotatable bonds is 4. The summed E-state index contributed by atoms with van der Waals surface area (Å²) < 4.78 is 278. The van der Waals surface area contributed by atoms with Crippen LogP contribution in [0.4, 0.5) is 97.9 Å². The second-order valence-corrected chi connectivity index (χ2v) is 37.4. The molecule has 8 rings (SSSR count). The average Bonchev–Trinajstić information content (AvgIpc) is 0.784. The van der Waals surface area contributed by atoms with Gasteiger partial charge in [0.05, 0.1) is 64.8 Å². The molecule has 4 nitrogen and oxygen atoms in total. The maximum absolute atomic E-state index is 13.1. The number of methoxy groups -OCH3 is 1. The van der Waals surface area contributed by atoms with E-state index in [9.17, 15) is 92.2 Å². The van der Waals surface area contributed by atoms with Gasteiger partial charge in [-0.15, -0.1) is 0 Å². The van der Waals surface area contributed by atoms with Crippen molar-refractivity contribution in [3.63, 3.8) is 0 Å². The third-order valence-electron chi connectivity index (χ3n) is 17.7. The van der Waals surface area contributed by atoms with Crippen LogP contribution in [0.1, 0.15) is 282 Å². The van der Waals surface area contributed by atoms with Crippen molar-refractivity contribution in [2.45, 2.75) is 287 Å². The fraction of sp³-hybridized carbons (Fsp3) is 0.474. The van der Waals surface area contributed by atoms with Gasteiger partial charge in [-0.3, -0.25) is 0 Å². The monoisotopic (exact) mass is 1750 g/mol. The van der Waals surface area contributed by atoms with Crippen LogP contribution in [-0.2, 0) is 86.8 Å². The normalized spacial score (nSPS) is 12.5. The Kier molecular flexibility index (Phi) is 38.3. The number of alkyl halides is 18. The summed E-state index contributed by atoms with van der Waals surface area (Å²) in [5.41, 5.74) is -0.945. The first kappa shape index (κ1) is 110. The summed E-state index contributed by atoms with van der Waals surface area (Å²) in [6.07, 6.45) is -25.6. The Morgan fingerprint density at radius 2 is 0.727 bits per heavy atom. The molecule has 0 saturated carbocycles. The molecule has 0 aliphatic rings. The number of halogens is 22. The van der Waals surface area contributed by atoms with Crippen molar-refractivity contribution in [1.29, 1.82) is 5.26 Å². The van der Waals surface area contributed by atoms with Crippen molar-refractivity contribution < 1.29 is 102 Å². The van der Waals surface area contributed by atoms with Gasteiger partial charge in [0, 0.05) is 16.7 Å². The van der Waals surface area contributed by atoms with E-state index in [4.69, 9.17) is 32.9 Å². The Morgan fingerprint density at radius 3 is 1.09 bits per heavy atom. The molecule has 8 aromatic carbocycles. The molecule has 26 heteroatoms. The molecule has 0 atom stereocenters. The highest BCUT2D eigenvalue weighted by Crippen LogP contribution is 2.46. The van der Waals surface area contributed by atoms with E-state index in [1.54, 1.807) is 101 Å². The zero-order valence-corrected chi connectivity index (χ0v) is 74.9. The second-order valence-electron chi connectivity index (χ2n) is 36.9.